The van der Waals surface area contributed by atoms with Gasteiger partial charge in [0.2, 0.25) is 0 Å². The number of fused-ring (bicyclic) bond motifs is 1. The molecule has 0 aliphatic carbocycles. The average Bonchev–Trinajstić information content (AvgIpc) is 2.30. The molecule has 2 heterocycles. The number of hydrogen-bond donors (Lipinski definition) is 0. The van der Waals surface area contributed by atoms with Crippen LogP contribution < -0.4 is 0 Å². The van der Waals surface area contributed by atoms with Crippen molar-refractivity contribution in [3.8, 4) is 0 Å². The maximum absolute atomic E-state index is 3.62. The van der Waals surface area contributed by atoms with E-state index >= 15 is 0 Å². The maximum atomic E-state index is 3.62. The first-order valence-corrected chi connectivity index (χ1v) is 8.29. The van der Waals surface area contributed by atoms with Gasteiger partial charge in [-0.1, -0.05) is 0 Å². The van der Waals surface area contributed by atoms with Crippen LogP contribution in [0, 0.1) is 0 Å². The second-order valence-electron chi connectivity index (χ2n) is 2.00. The van der Waals surface area contributed by atoms with Crippen LogP contribution >= 0.6 is 55.4 Å². The molecular formula is C6H4Br2S2Se. The monoisotopic (exact) mass is 378 g/mol. The molecule has 0 bridgehead atoms. The molecular weight excluding hydrogens is 375 g/mol. The van der Waals surface area contributed by atoms with Crippen molar-refractivity contribution in [1.82, 2.24) is 0 Å². The molecule has 0 aromatic carbocycles. The third kappa shape index (κ3) is 1.79. The normalized spacial score (nSPS) is 16.5. The number of rotatable bonds is 0. The van der Waals surface area contributed by atoms with Crippen molar-refractivity contribution in [3.63, 3.8) is 0 Å². The molecule has 11 heavy (non-hydrogen) atoms. The van der Waals surface area contributed by atoms with Crippen molar-refractivity contribution in [2.24, 2.45) is 0 Å². The van der Waals surface area contributed by atoms with Gasteiger partial charge in [0.25, 0.3) is 0 Å². The fourth-order valence-corrected chi connectivity index (χ4v) is 9.77. The summed E-state index contributed by atoms with van der Waals surface area (Å²) in [6, 6.07) is 0. The average molecular weight is 379 g/mol. The second kappa shape index (κ2) is 3.80. The van der Waals surface area contributed by atoms with Gasteiger partial charge in [0.05, 0.1) is 0 Å². The van der Waals surface area contributed by atoms with E-state index in [0.29, 0.717) is 14.5 Å². The van der Waals surface area contributed by atoms with Crippen LogP contribution in [0.4, 0.5) is 0 Å². The van der Waals surface area contributed by atoms with Gasteiger partial charge < -0.3 is 0 Å². The summed E-state index contributed by atoms with van der Waals surface area (Å²) in [4.78, 5) is 2.99. The summed E-state index contributed by atoms with van der Waals surface area (Å²) in [6.45, 7) is 0. The van der Waals surface area contributed by atoms with Crippen molar-refractivity contribution in [1.29, 1.82) is 0 Å². The molecule has 0 nitrogen and oxygen atoms in total. The third-order valence-corrected chi connectivity index (χ3v) is 9.11. The summed E-state index contributed by atoms with van der Waals surface area (Å²) >= 11 is 11.7. The molecule has 0 spiro atoms. The van der Waals surface area contributed by atoms with Crippen LogP contribution in [-0.4, -0.2) is 26.0 Å². The Labute approximate surface area is 96.9 Å². The van der Waals surface area contributed by atoms with Gasteiger partial charge in [0.1, 0.15) is 0 Å². The summed E-state index contributed by atoms with van der Waals surface area (Å²) in [6.07, 6.45) is 0. The SMILES string of the molecule is Brc1[se]c(Br)c2c1SCCS2. The molecule has 1 aromatic rings. The van der Waals surface area contributed by atoms with E-state index in [4.69, 9.17) is 0 Å². The van der Waals surface area contributed by atoms with Crippen LogP contribution in [0.2, 0.25) is 0 Å². The third-order valence-electron chi connectivity index (χ3n) is 1.32. The fourth-order valence-electron chi connectivity index (χ4n) is 0.882. The minimum atomic E-state index is 0.523. The topological polar surface area (TPSA) is 0 Å². The summed E-state index contributed by atoms with van der Waals surface area (Å²) < 4.78 is 2.84. The van der Waals surface area contributed by atoms with Crippen molar-refractivity contribution >= 4 is 69.9 Å². The van der Waals surface area contributed by atoms with Crippen LogP contribution in [-0.2, 0) is 0 Å². The van der Waals surface area contributed by atoms with Crippen LogP contribution in [0.15, 0.2) is 16.5 Å². The molecule has 0 amide bonds. The van der Waals surface area contributed by atoms with Crippen molar-refractivity contribution in [2.75, 3.05) is 11.5 Å². The van der Waals surface area contributed by atoms with Gasteiger partial charge in [-0.2, -0.15) is 0 Å². The van der Waals surface area contributed by atoms with Crippen LogP contribution in [0.5, 0.6) is 0 Å². The van der Waals surface area contributed by atoms with E-state index in [1.807, 2.05) is 23.5 Å². The molecule has 0 unspecified atom stereocenters. The fraction of sp³-hybridized carbons (Fsp3) is 0.333. The molecule has 5 heteroatoms. The van der Waals surface area contributed by atoms with Gasteiger partial charge in [0, 0.05) is 0 Å². The van der Waals surface area contributed by atoms with Gasteiger partial charge >= 0.3 is 97.9 Å². The minimum absolute atomic E-state index is 0.523. The Morgan fingerprint density at radius 3 is 1.91 bits per heavy atom. The van der Waals surface area contributed by atoms with E-state index in [1.165, 1.54) is 28.0 Å². The van der Waals surface area contributed by atoms with Crippen molar-refractivity contribution in [2.45, 2.75) is 9.79 Å². The second-order valence-corrected chi connectivity index (χ2v) is 10.3. The first-order chi connectivity index (χ1) is 5.29. The summed E-state index contributed by atoms with van der Waals surface area (Å²) in [5, 5.41) is 0. The Bertz CT molecular complexity index is 258. The van der Waals surface area contributed by atoms with Crippen LogP contribution in [0.25, 0.3) is 0 Å². The van der Waals surface area contributed by atoms with E-state index in [2.05, 4.69) is 31.9 Å². The zero-order valence-electron chi connectivity index (χ0n) is 5.39. The molecule has 60 valence electrons. The summed E-state index contributed by atoms with van der Waals surface area (Å²) in [5.41, 5.74) is 0. The molecule has 1 aliphatic heterocycles. The number of hydrogen-bond acceptors (Lipinski definition) is 2. The molecule has 0 saturated carbocycles. The van der Waals surface area contributed by atoms with E-state index < -0.39 is 0 Å². The molecule has 0 saturated heterocycles. The predicted molar refractivity (Wildman–Crippen MR) is 60.2 cm³/mol. The Kier molecular flexibility index (Phi) is 3.19. The molecule has 1 aromatic heterocycles. The number of thioether (sulfide) groups is 2. The predicted octanol–water partition coefficient (Wildman–Crippen LogP) is 3.47. The molecule has 2 rings (SSSR count). The van der Waals surface area contributed by atoms with E-state index in [0.717, 1.165) is 0 Å². The van der Waals surface area contributed by atoms with E-state index in [-0.39, 0.29) is 0 Å². The number of halogens is 2. The van der Waals surface area contributed by atoms with Gasteiger partial charge in [-0.05, 0) is 0 Å². The molecule has 0 atom stereocenters. The van der Waals surface area contributed by atoms with Gasteiger partial charge in [-0.15, -0.1) is 0 Å². The van der Waals surface area contributed by atoms with E-state index in [9.17, 15) is 0 Å². The van der Waals surface area contributed by atoms with Gasteiger partial charge in [-0.25, -0.2) is 0 Å². The Morgan fingerprint density at radius 1 is 1.00 bits per heavy atom. The first kappa shape index (κ1) is 9.22. The van der Waals surface area contributed by atoms with Gasteiger partial charge in [0.15, 0.2) is 0 Å². The zero-order chi connectivity index (χ0) is 7.84. The molecule has 1 aliphatic rings. The van der Waals surface area contributed by atoms with Crippen molar-refractivity contribution in [3.05, 3.63) is 6.69 Å². The Hall–Kier alpha value is 1.66. The zero-order valence-corrected chi connectivity index (χ0v) is 11.9. The molecule has 0 N–H and O–H groups in total. The van der Waals surface area contributed by atoms with E-state index in [1.54, 1.807) is 0 Å². The van der Waals surface area contributed by atoms with Crippen molar-refractivity contribution < 1.29 is 0 Å². The summed E-state index contributed by atoms with van der Waals surface area (Å²) in [7, 11) is 0. The molecule has 0 radical (unpaired) electrons. The Balaban J connectivity index is 2.52. The molecule has 0 fully saturated rings. The van der Waals surface area contributed by atoms with Crippen LogP contribution in [0.3, 0.4) is 0 Å². The standard InChI is InChI=1S/C6H4Br2S2Se/c7-5-3-4(6(8)11-5)10-2-1-9-3/h1-2H2. The van der Waals surface area contributed by atoms with Crippen LogP contribution in [0.1, 0.15) is 0 Å². The van der Waals surface area contributed by atoms with Gasteiger partial charge in [-0.3, -0.25) is 0 Å². The Morgan fingerprint density at radius 2 is 1.45 bits per heavy atom. The summed E-state index contributed by atoms with van der Waals surface area (Å²) in [5.74, 6) is 2.52. The first-order valence-electron chi connectivity index (χ1n) is 3.02. The quantitative estimate of drug-likeness (QED) is 0.634.